The third-order valence-electron chi connectivity index (χ3n) is 18.5. The van der Waals surface area contributed by atoms with Gasteiger partial charge in [-0.15, -0.1) is 0 Å². The van der Waals surface area contributed by atoms with Gasteiger partial charge in [0, 0.05) is 54.9 Å². The van der Waals surface area contributed by atoms with Crippen molar-refractivity contribution in [3.63, 3.8) is 0 Å². The zero-order valence-electron chi connectivity index (χ0n) is 50.4. The molecule has 0 radical (unpaired) electrons. The van der Waals surface area contributed by atoms with Crippen molar-refractivity contribution in [2.24, 2.45) is 0 Å². The molecule has 0 fully saturated rings. The fourth-order valence-electron chi connectivity index (χ4n) is 13.9. The zero-order valence-corrected chi connectivity index (χ0v) is 50.4. The molecular weight excluding hydrogens is 1150 g/mol. The van der Waals surface area contributed by atoms with Gasteiger partial charge in [0.1, 0.15) is 22.3 Å². The van der Waals surface area contributed by atoms with E-state index in [-0.39, 0.29) is 0 Å². The van der Waals surface area contributed by atoms with Gasteiger partial charge in [0.15, 0.2) is 34.9 Å². The van der Waals surface area contributed by atoms with Crippen molar-refractivity contribution in [1.82, 2.24) is 29.9 Å². The molecule has 8 heteroatoms. The van der Waals surface area contributed by atoms with Crippen molar-refractivity contribution in [1.29, 1.82) is 0 Å². The Morgan fingerprint density at radius 2 is 0.585 bits per heavy atom. The number of aromatic nitrogens is 6. The van der Waals surface area contributed by atoms with Crippen LogP contribution in [0.1, 0.15) is 0 Å². The molecule has 0 amide bonds. The normalized spacial score (nSPS) is 11.8. The Hall–Kier alpha value is -12.8. The summed E-state index contributed by atoms with van der Waals surface area (Å²) >= 11 is 0. The van der Waals surface area contributed by atoms with Gasteiger partial charge in [0.2, 0.25) is 0 Å². The van der Waals surface area contributed by atoms with E-state index >= 15 is 0 Å². The summed E-state index contributed by atoms with van der Waals surface area (Å²) in [6.45, 7) is 0. The second-order valence-corrected chi connectivity index (χ2v) is 24.1. The Labute approximate surface area is 538 Å². The Bertz CT molecular complexity index is 6330. The predicted octanol–water partition coefficient (Wildman–Crippen LogP) is 22.6. The fraction of sp³-hybridized carbons (Fsp3) is 0. The number of fused-ring (bicyclic) bond motifs is 11. The number of hydrogen-bond donors (Lipinski definition) is 0. The topological polar surface area (TPSA) is 104 Å². The van der Waals surface area contributed by atoms with Crippen molar-refractivity contribution in [3.05, 3.63) is 303 Å². The van der Waals surface area contributed by atoms with Gasteiger partial charge in [0.05, 0.1) is 0 Å². The maximum atomic E-state index is 6.40. The Morgan fingerprint density at radius 1 is 0.170 bits per heavy atom. The first kappa shape index (κ1) is 53.1. The van der Waals surface area contributed by atoms with E-state index < -0.39 is 0 Å². The lowest BCUT2D eigenvalue weighted by atomic mass is 9.92. The molecule has 0 bridgehead atoms. The molecular formula is C86H50N6O2. The average Bonchev–Trinajstić information content (AvgIpc) is 1.41. The summed E-state index contributed by atoms with van der Waals surface area (Å²) in [6, 6.07) is 106. The van der Waals surface area contributed by atoms with Gasteiger partial charge in [-0.05, 0) is 160 Å². The van der Waals surface area contributed by atoms with Gasteiger partial charge in [-0.2, -0.15) is 0 Å². The molecule has 0 aliphatic rings. The summed E-state index contributed by atoms with van der Waals surface area (Å²) in [6.07, 6.45) is 0. The summed E-state index contributed by atoms with van der Waals surface area (Å²) in [5.41, 5.74) is 15.4. The quantitative estimate of drug-likeness (QED) is 0.141. The van der Waals surface area contributed by atoms with Gasteiger partial charge >= 0.3 is 0 Å². The van der Waals surface area contributed by atoms with Gasteiger partial charge in [0.25, 0.3) is 0 Å². The lowest BCUT2D eigenvalue weighted by Crippen LogP contribution is -2.01. The molecule has 436 valence electrons. The third-order valence-corrected chi connectivity index (χ3v) is 18.5. The first-order chi connectivity index (χ1) is 46.5. The Balaban J connectivity index is 0.703. The van der Waals surface area contributed by atoms with Gasteiger partial charge in [-0.1, -0.05) is 231 Å². The molecule has 0 aliphatic heterocycles. The van der Waals surface area contributed by atoms with Crippen LogP contribution in [-0.4, -0.2) is 29.9 Å². The van der Waals surface area contributed by atoms with E-state index in [4.69, 9.17) is 38.7 Å². The Morgan fingerprint density at radius 3 is 1.27 bits per heavy atom. The van der Waals surface area contributed by atoms with Crippen LogP contribution in [0.3, 0.4) is 0 Å². The van der Waals surface area contributed by atoms with Crippen LogP contribution >= 0.6 is 0 Å². The number of nitrogens with zero attached hydrogens (tertiary/aromatic N) is 6. The number of rotatable bonds is 9. The first-order valence-electron chi connectivity index (χ1n) is 31.5. The predicted molar refractivity (Wildman–Crippen MR) is 384 cm³/mol. The van der Waals surface area contributed by atoms with E-state index in [9.17, 15) is 0 Å². The van der Waals surface area contributed by atoms with Crippen LogP contribution in [0.15, 0.2) is 312 Å². The third kappa shape index (κ3) is 9.07. The SMILES string of the molecule is c1ccc(-c2nc(-c3ccc4ccc(-c5ccc6ccc(-c7nc(-c8ccc9ccccc9c8)nc(-c8cccc9c(-c%10ccc%11oc%12ccccc%12c%11c%10)cccc89)n7)cc6c5)cc4c3)nc(-c3cc(-c4cccc5oc6ccccc6c45)c4ccccc4c3)n2)cc1. The van der Waals surface area contributed by atoms with Crippen LogP contribution in [0.5, 0.6) is 0 Å². The molecule has 0 unspecified atom stereocenters. The monoisotopic (exact) mass is 1200 g/mol. The first-order valence-corrected chi connectivity index (χ1v) is 31.5. The summed E-state index contributed by atoms with van der Waals surface area (Å²) in [5.74, 6) is 3.54. The standard InChI is InChI=1S/C86H50N6O2/c1-2-16-54(17-3-1)81-87-82(90-85(88-81)65-46-58-19-6-7-20-67(58)74(50-65)71-26-14-30-79-80(71)73-22-9-11-29-77(73)94-79)61-39-34-52-31-36-56(44-63(52)47-61)57-37-32-53-35-40-62(48-64(53)45-57)84-89-83(60-38-33-51-15-4-5-18-55(51)43-60)91-86(92-84)72-27-13-24-68-66(23-12-25-69(68)72)59-41-42-78-75(49-59)70-21-8-10-28-76(70)93-78/h1-50H. The van der Waals surface area contributed by atoms with Crippen LogP contribution in [0, 0.1) is 0 Å². The van der Waals surface area contributed by atoms with Crippen LogP contribution < -0.4 is 0 Å². The molecule has 0 aliphatic carbocycles. The molecule has 0 saturated carbocycles. The molecule has 0 atom stereocenters. The van der Waals surface area contributed by atoms with Crippen LogP contribution in [0.25, 0.3) is 199 Å². The second-order valence-electron chi connectivity index (χ2n) is 24.1. The summed E-state index contributed by atoms with van der Waals surface area (Å²) in [5, 5.41) is 15.3. The molecule has 8 nitrogen and oxygen atoms in total. The van der Waals surface area contributed by atoms with Crippen molar-refractivity contribution >= 4 is 97.7 Å². The van der Waals surface area contributed by atoms with E-state index in [1.54, 1.807) is 0 Å². The number of furan rings is 2. The van der Waals surface area contributed by atoms with E-state index in [1.807, 2.05) is 48.5 Å². The molecule has 19 rings (SSSR count). The molecule has 4 heterocycles. The number of para-hydroxylation sites is 2. The van der Waals surface area contributed by atoms with E-state index in [0.29, 0.717) is 34.9 Å². The highest BCUT2D eigenvalue weighted by Gasteiger charge is 2.21. The van der Waals surface area contributed by atoms with Crippen molar-refractivity contribution in [2.45, 2.75) is 0 Å². The largest absolute Gasteiger partial charge is 0.456 e. The van der Waals surface area contributed by atoms with Crippen molar-refractivity contribution in [3.8, 4) is 102 Å². The molecule has 94 heavy (non-hydrogen) atoms. The van der Waals surface area contributed by atoms with Crippen LogP contribution in [0.4, 0.5) is 0 Å². The molecule has 0 saturated heterocycles. The second kappa shape index (κ2) is 21.4. The van der Waals surface area contributed by atoms with Gasteiger partial charge < -0.3 is 8.83 Å². The highest BCUT2D eigenvalue weighted by molar-refractivity contribution is 6.16. The molecule has 19 aromatic rings. The van der Waals surface area contributed by atoms with Crippen LogP contribution in [-0.2, 0) is 0 Å². The van der Waals surface area contributed by atoms with E-state index in [1.165, 1.54) is 0 Å². The fourth-order valence-corrected chi connectivity index (χ4v) is 13.9. The molecule has 4 aromatic heterocycles. The molecule has 0 spiro atoms. The van der Waals surface area contributed by atoms with Gasteiger partial charge in [-0.3, -0.25) is 0 Å². The van der Waals surface area contributed by atoms with E-state index in [2.05, 4.69) is 255 Å². The lowest BCUT2D eigenvalue weighted by Gasteiger charge is -2.13. The maximum Gasteiger partial charge on any atom is 0.164 e. The number of hydrogen-bond acceptors (Lipinski definition) is 8. The minimum atomic E-state index is 0.583. The summed E-state index contributed by atoms with van der Waals surface area (Å²) < 4.78 is 12.6. The number of benzene rings is 15. The highest BCUT2D eigenvalue weighted by atomic mass is 16.3. The van der Waals surface area contributed by atoms with Crippen molar-refractivity contribution in [2.75, 3.05) is 0 Å². The smallest absolute Gasteiger partial charge is 0.164 e. The summed E-state index contributed by atoms with van der Waals surface area (Å²) in [7, 11) is 0. The molecule has 0 N–H and O–H groups in total. The lowest BCUT2D eigenvalue weighted by molar-refractivity contribution is 0.668. The highest BCUT2D eigenvalue weighted by Crippen LogP contribution is 2.43. The minimum Gasteiger partial charge on any atom is -0.456 e. The minimum absolute atomic E-state index is 0.583. The molecule has 15 aromatic carbocycles. The summed E-state index contributed by atoms with van der Waals surface area (Å²) in [4.78, 5) is 31.8. The maximum absolute atomic E-state index is 6.40. The zero-order chi connectivity index (χ0) is 61.8. The average molecular weight is 1200 g/mol. The van der Waals surface area contributed by atoms with E-state index in [0.717, 1.165) is 165 Å². The van der Waals surface area contributed by atoms with Crippen LogP contribution in [0.2, 0.25) is 0 Å². The van der Waals surface area contributed by atoms with Gasteiger partial charge in [-0.25, -0.2) is 29.9 Å². The van der Waals surface area contributed by atoms with Crippen molar-refractivity contribution < 1.29 is 8.83 Å². The Kier molecular flexibility index (Phi) is 12.1.